The molecule has 7 heteroatoms. The summed E-state index contributed by atoms with van der Waals surface area (Å²) in [5.41, 5.74) is 8.07. The average Bonchev–Trinajstić information content (AvgIpc) is 3.25. The van der Waals surface area contributed by atoms with Gasteiger partial charge in [-0.3, -0.25) is 5.43 Å². The zero-order valence-corrected chi connectivity index (χ0v) is 14.5. The van der Waals surface area contributed by atoms with Crippen molar-refractivity contribution in [1.29, 1.82) is 0 Å². The predicted octanol–water partition coefficient (Wildman–Crippen LogP) is 2.86. The third-order valence-electron chi connectivity index (χ3n) is 5.11. The molecule has 0 radical (unpaired) electrons. The lowest BCUT2D eigenvalue weighted by atomic mass is 9.86. The molecule has 24 heavy (non-hydrogen) atoms. The summed E-state index contributed by atoms with van der Waals surface area (Å²) >= 11 is 6.33. The molecule has 6 nitrogen and oxygen atoms in total. The second-order valence-corrected chi connectivity index (χ2v) is 7.04. The summed E-state index contributed by atoms with van der Waals surface area (Å²) in [4.78, 5) is 2.18. The smallest absolute Gasteiger partial charge is 0.318 e. The van der Waals surface area contributed by atoms with Gasteiger partial charge in [-0.1, -0.05) is 34.9 Å². The first-order valence-corrected chi connectivity index (χ1v) is 8.89. The molecule has 128 valence electrons. The fraction of sp³-hybridized carbons (Fsp3) is 0.529. The second kappa shape index (κ2) is 6.70. The maximum Gasteiger partial charge on any atom is 0.318 e. The lowest BCUT2D eigenvalue weighted by Gasteiger charge is -2.33. The summed E-state index contributed by atoms with van der Waals surface area (Å²) in [5, 5.41) is 8.87. The molecular formula is C17H22ClN5O. The molecule has 2 fully saturated rings. The normalized spacial score (nSPS) is 25.3. The fourth-order valence-corrected chi connectivity index (χ4v) is 4.03. The van der Waals surface area contributed by atoms with E-state index in [2.05, 4.69) is 32.0 Å². The summed E-state index contributed by atoms with van der Waals surface area (Å²) in [6, 6.07) is 9.47. The summed E-state index contributed by atoms with van der Waals surface area (Å²) in [6.45, 7) is 3.74. The number of piperidine rings is 1. The maximum atomic E-state index is 6.33. The van der Waals surface area contributed by atoms with Gasteiger partial charge in [-0.25, -0.2) is 5.43 Å². The van der Waals surface area contributed by atoms with E-state index in [1.807, 2.05) is 25.1 Å². The number of hydrogen-bond acceptors (Lipinski definition) is 6. The summed E-state index contributed by atoms with van der Waals surface area (Å²) in [7, 11) is 0. The highest BCUT2D eigenvalue weighted by Gasteiger charge is 2.34. The van der Waals surface area contributed by atoms with Crippen molar-refractivity contribution in [2.75, 3.05) is 18.0 Å². The molecule has 0 bridgehead atoms. The Balaban J connectivity index is 1.35. The highest BCUT2D eigenvalue weighted by atomic mass is 35.5. The van der Waals surface area contributed by atoms with Crippen molar-refractivity contribution >= 4 is 17.6 Å². The fourth-order valence-electron chi connectivity index (χ4n) is 3.76. The summed E-state index contributed by atoms with van der Waals surface area (Å²) in [5.74, 6) is 1.27. The van der Waals surface area contributed by atoms with E-state index in [1.165, 1.54) is 5.56 Å². The van der Waals surface area contributed by atoms with Gasteiger partial charge in [0.2, 0.25) is 5.89 Å². The van der Waals surface area contributed by atoms with Gasteiger partial charge < -0.3 is 9.32 Å². The van der Waals surface area contributed by atoms with Crippen LogP contribution in [0.5, 0.6) is 0 Å². The first-order valence-electron chi connectivity index (χ1n) is 8.51. The minimum Gasteiger partial charge on any atom is -0.408 e. The maximum absolute atomic E-state index is 6.33. The molecule has 2 N–H and O–H groups in total. The van der Waals surface area contributed by atoms with Crippen molar-refractivity contribution in [3.05, 3.63) is 40.7 Å². The van der Waals surface area contributed by atoms with E-state index in [9.17, 15) is 0 Å². The predicted molar refractivity (Wildman–Crippen MR) is 92.8 cm³/mol. The van der Waals surface area contributed by atoms with Crippen LogP contribution in [0.3, 0.4) is 0 Å². The Kier molecular flexibility index (Phi) is 4.43. The van der Waals surface area contributed by atoms with Gasteiger partial charge in [0.05, 0.1) is 0 Å². The lowest BCUT2D eigenvalue weighted by Crippen LogP contribution is -2.42. The molecule has 4 rings (SSSR count). The average molecular weight is 348 g/mol. The van der Waals surface area contributed by atoms with E-state index in [1.54, 1.807) is 0 Å². The van der Waals surface area contributed by atoms with Gasteiger partial charge >= 0.3 is 6.01 Å². The van der Waals surface area contributed by atoms with Crippen LogP contribution in [0, 0.1) is 12.8 Å². The van der Waals surface area contributed by atoms with E-state index in [4.69, 9.17) is 16.0 Å². The van der Waals surface area contributed by atoms with Crippen molar-refractivity contribution < 1.29 is 4.42 Å². The largest absolute Gasteiger partial charge is 0.408 e. The van der Waals surface area contributed by atoms with Crippen LogP contribution in [0.1, 0.15) is 36.8 Å². The highest BCUT2D eigenvalue weighted by Crippen LogP contribution is 2.33. The Morgan fingerprint density at radius 3 is 2.67 bits per heavy atom. The molecule has 0 saturated carbocycles. The number of aryl methyl sites for hydroxylation is 1. The molecule has 2 aromatic rings. The number of halogens is 1. The van der Waals surface area contributed by atoms with Crippen LogP contribution in [-0.2, 0) is 0 Å². The number of aromatic nitrogens is 2. The molecule has 0 amide bonds. The van der Waals surface area contributed by atoms with E-state index in [-0.39, 0.29) is 6.04 Å². The molecule has 1 aromatic heterocycles. The zero-order valence-electron chi connectivity index (χ0n) is 13.7. The number of nitrogens with one attached hydrogen (secondary N) is 2. The number of hydrazine groups is 1. The van der Waals surface area contributed by atoms with Gasteiger partial charge in [-0.05, 0) is 36.8 Å². The van der Waals surface area contributed by atoms with Crippen LogP contribution >= 0.6 is 11.6 Å². The van der Waals surface area contributed by atoms with Crippen LogP contribution in [0.25, 0.3) is 0 Å². The summed E-state index contributed by atoms with van der Waals surface area (Å²) in [6.07, 6.45) is 3.31. The number of anilines is 1. The molecule has 2 unspecified atom stereocenters. The van der Waals surface area contributed by atoms with E-state index in [0.717, 1.165) is 37.4 Å². The molecule has 2 saturated heterocycles. The minimum atomic E-state index is 0.278. The van der Waals surface area contributed by atoms with Gasteiger partial charge in [0, 0.05) is 37.1 Å². The first-order chi connectivity index (χ1) is 11.7. The quantitative estimate of drug-likeness (QED) is 0.890. The molecule has 2 atom stereocenters. The van der Waals surface area contributed by atoms with Crippen molar-refractivity contribution in [2.24, 2.45) is 5.92 Å². The number of nitrogens with zero attached hydrogens (tertiary/aromatic N) is 3. The van der Waals surface area contributed by atoms with E-state index in [0.29, 0.717) is 23.9 Å². The van der Waals surface area contributed by atoms with Crippen molar-refractivity contribution in [3.8, 4) is 0 Å². The van der Waals surface area contributed by atoms with Crippen LogP contribution in [0.4, 0.5) is 6.01 Å². The van der Waals surface area contributed by atoms with E-state index < -0.39 is 0 Å². The third kappa shape index (κ3) is 3.14. The van der Waals surface area contributed by atoms with Gasteiger partial charge in [-0.2, -0.15) is 0 Å². The molecule has 3 heterocycles. The second-order valence-electron chi connectivity index (χ2n) is 6.63. The molecular weight excluding hydrogens is 326 g/mol. The van der Waals surface area contributed by atoms with Crippen LogP contribution < -0.4 is 15.8 Å². The Hall–Kier alpha value is -1.63. The SMILES string of the molecule is Cc1nnc(N2CCC(C3CC(c4ccccc4Cl)NN3)CC2)o1. The van der Waals surface area contributed by atoms with Gasteiger partial charge in [0.1, 0.15) is 0 Å². The lowest BCUT2D eigenvalue weighted by molar-refractivity contribution is 0.303. The monoisotopic (exact) mass is 347 g/mol. The van der Waals surface area contributed by atoms with Crippen molar-refractivity contribution in [2.45, 2.75) is 38.3 Å². The Morgan fingerprint density at radius 1 is 1.17 bits per heavy atom. The third-order valence-corrected chi connectivity index (χ3v) is 5.45. The van der Waals surface area contributed by atoms with Crippen molar-refractivity contribution in [1.82, 2.24) is 21.0 Å². The summed E-state index contributed by atoms with van der Waals surface area (Å²) < 4.78 is 5.53. The molecule has 2 aliphatic heterocycles. The van der Waals surface area contributed by atoms with Gasteiger partial charge in [0.25, 0.3) is 0 Å². The van der Waals surface area contributed by atoms with Crippen LogP contribution in [-0.4, -0.2) is 29.3 Å². The number of hydrogen-bond donors (Lipinski definition) is 2. The zero-order chi connectivity index (χ0) is 16.5. The molecule has 0 aliphatic carbocycles. The van der Waals surface area contributed by atoms with Crippen molar-refractivity contribution in [3.63, 3.8) is 0 Å². The standard InChI is InChI=1S/C17H22ClN5O/c1-11-19-22-17(24-11)23-8-6-12(7-9-23)15-10-16(21-20-15)13-4-2-3-5-14(13)18/h2-5,12,15-16,20-21H,6-10H2,1H3. The minimum absolute atomic E-state index is 0.278. The van der Waals surface area contributed by atoms with Gasteiger partial charge in [0.15, 0.2) is 0 Å². The van der Waals surface area contributed by atoms with Crippen LogP contribution in [0.2, 0.25) is 5.02 Å². The first kappa shape index (κ1) is 15.9. The van der Waals surface area contributed by atoms with Gasteiger partial charge in [-0.15, -0.1) is 5.10 Å². The molecule has 1 aromatic carbocycles. The number of benzene rings is 1. The number of rotatable bonds is 3. The van der Waals surface area contributed by atoms with Crippen LogP contribution in [0.15, 0.2) is 28.7 Å². The topological polar surface area (TPSA) is 66.2 Å². The Bertz CT molecular complexity index is 698. The Labute approximate surface area is 146 Å². The molecule has 0 spiro atoms. The highest BCUT2D eigenvalue weighted by molar-refractivity contribution is 6.31. The molecule has 2 aliphatic rings. The Morgan fingerprint density at radius 2 is 1.96 bits per heavy atom. The van der Waals surface area contributed by atoms with E-state index >= 15 is 0 Å².